The Kier molecular flexibility index (Phi) is 4.63. The second kappa shape index (κ2) is 5.30. The van der Waals surface area contributed by atoms with Crippen LogP contribution in [0.1, 0.15) is 12.0 Å². The fourth-order valence-electron chi connectivity index (χ4n) is 1.13. The van der Waals surface area contributed by atoms with E-state index in [2.05, 4.69) is 0 Å². The summed E-state index contributed by atoms with van der Waals surface area (Å²) >= 11 is 17.2. The zero-order valence-corrected chi connectivity index (χ0v) is 9.86. The van der Waals surface area contributed by atoms with Crippen LogP contribution >= 0.6 is 34.8 Å². The van der Waals surface area contributed by atoms with E-state index in [1.54, 1.807) is 0 Å². The van der Waals surface area contributed by atoms with Crippen LogP contribution in [0.15, 0.2) is 30.3 Å². The Labute approximate surface area is 101 Å². The number of halogens is 3. The monoisotopic (exact) mass is 246 g/mol. The zero-order chi connectivity index (χ0) is 10.6. The molecule has 0 aliphatic rings. The van der Waals surface area contributed by atoms with Crippen LogP contribution in [0.2, 0.25) is 0 Å². The molecule has 14 heavy (non-hydrogen) atoms. The molecule has 0 spiro atoms. The van der Waals surface area contributed by atoms with Crippen molar-refractivity contribution < 1.29 is 0 Å². The quantitative estimate of drug-likeness (QED) is 0.564. The third-order valence-corrected chi connectivity index (χ3v) is 3.26. The predicted octanol–water partition coefficient (Wildman–Crippen LogP) is 3.53. The second-order valence-electron chi connectivity index (χ2n) is 3.17. The molecular formula is C10H10BCl3. The number of hydrogen-bond acceptors (Lipinski definition) is 0. The lowest BCUT2D eigenvalue weighted by Crippen LogP contribution is -2.27. The Balaban J connectivity index is 2.42. The first-order valence-electron chi connectivity index (χ1n) is 4.35. The van der Waals surface area contributed by atoms with Crippen LogP contribution in [0.5, 0.6) is 0 Å². The minimum absolute atomic E-state index is 0.439. The van der Waals surface area contributed by atoms with E-state index in [4.69, 9.17) is 42.6 Å². The third-order valence-electron chi connectivity index (χ3n) is 1.95. The van der Waals surface area contributed by atoms with E-state index in [1.165, 1.54) is 5.56 Å². The SMILES string of the molecule is [B]C(Cl)(Cl)C(Cl)CCc1ccccc1. The van der Waals surface area contributed by atoms with Crippen molar-refractivity contribution in [3.63, 3.8) is 0 Å². The van der Waals surface area contributed by atoms with Gasteiger partial charge in [-0.3, -0.25) is 0 Å². The molecular weight excluding hydrogens is 237 g/mol. The predicted molar refractivity (Wildman–Crippen MR) is 64.6 cm³/mol. The van der Waals surface area contributed by atoms with Crippen molar-refractivity contribution in [2.45, 2.75) is 22.5 Å². The van der Waals surface area contributed by atoms with Crippen molar-refractivity contribution in [3.8, 4) is 0 Å². The van der Waals surface area contributed by atoms with Crippen molar-refractivity contribution in [3.05, 3.63) is 35.9 Å². The molecule has 2 radical (unpaired) electrons. The molecule has 1 aromatic rings. The van der Waals surface area contributed by atoms with E-state index in [0.29, 0.717) is 6.42 Å². The normalized spacial score (nSPS) is 13.9. The molecule has 0 aliphatic heterocycles. The molecule has 0 nitrogen and oxygen atoms in total. The molecule has 0 bridgehead atoms. The number of rotatable bonds is 4. The maximum absolute atomic E-state index is 5.92. The molecule has 0 saturated heterocycles. The van der Waals surface area contributed by atoms with E-state index in [-0.39, 0.29) is 0 Å². The number of aryl methyl sites for hydroxylation is 1. The Bertz CT molecular complexity index is 268. The van der Waals surface area contributed by atoms with Crippen LogP contribution in [0, 0.1) is 0 Å². The first-order chi connectivity index (χ1) is 6.50. The number of alkyl halides is 3. The highest BCUT2D eigenvalue weighted by Crippen LogP contribution is 2.28. The lowest BCUT2D eigenvalue weighted by molar-refractivity contribution is 0.761. The van der Waals surface area contributed by atoms with Gasteiger partial charge in [0.25, 0.3) is 0 Å². The molecule has 0 N–H and O–H groups in total. The summed E-state index contributed by atoms with van der Waals surface area (Å²) in [5.41, 5.74) is 1.20. The van der Waals surface area contributed by atoms with Gasteiger partial charge in [-0.25, -0.2) is 0 Å². The lowest BCUT2D eigenvalue weighted by atomic mass is 9.95. The van der Waals surface area contributed by atoms with Gasteiger partial charge in [0, 0.05) is 0 Å². The second-order valence-corrected chi connectivity index (χ2v) is 5.14. The Hall–Kier alpha value is 0.155. The Morgan fingerprint density at radius 1 is 1.21 bits per heavy atom. The molecule has 0 aliphatic carbocycles. The molecule has 4 heteroatoms. The van der Waals surface area contributed by atoms with Crippen molar-refractivity contribution in [2.75, 3.05) is 0 Å². The van der Waals surface area contributed by atoms with Gasteiger partial charge in [0.05, 0.1) is 9.61 Å². The van der Waals surface area contributed by atoms with Gasteiger partial charge in [-0.1, -0.05) is 30.3 Å². The average molecular weight is 247 g/mol. The van der Waals surface area contributed by atoms with Crippen LogP contribution < -0.4 is 0 Å². The summed E-state index contributed by atoms with van der Waals surface area (Å²) in [5, 5.41) is -0.439. The highest BCUT2D eigenvalue weighted by atomic mass is 35.5. The van der Waals surface area contributed by atoms with Crippen LogP contribution in [0.25, 0.3) is 0 Å². The summed E-state index contributed by atoms with van der Waals surface area (Å²) in [6.07, 6.45) is 1.49. The van der Waals surface area contributed by atoms with Crippen LogP contribution in [0.4, 0.5) is 0 Å². The topological polar surface area (TPSA) is 0 Å². The van der Waals surface area contributed by atoms with E-state index >= 15 is 0 Å². The molecule has 1 aromatic carbocycles. The van der Waals surface area contributed by atoms with E-state index in [1.807, 2.05) is 30.3 Å². The van der Waals surface area contributed by atoms with Gasteiger partial charge in [-0.15, -0.1) is 34.8 Å². The lowest BCUT2D eigenvalue weighted by Gasteiger charge is -2.20. The van der Waals surface area contributed by atoms with Gasteiger partial charge in [0.15, 0.2) is 0 Å². The molecule has 0 saturated carbocycles. The summed E-state index contributed by atoms with van der Waals surface area (Å²) in [6.45, 7) is 0. The molecule has 0 heterocycles. The summed E-state index contributed by atoms with van der Waals surface area (Å²) in [5.74, 6) is 0. The van der Waals surface area contributed by atoms with Gasteiger partial charge >= 0.3 is 0 Å². The van der Waals surface area contributed by atoms with Gasteiger partial charge in [-0.05, 0) is 18.4 Å². The van der Waals surface area contributed by atoms with Crippen molar-refractivity contribution in [1.82, 2.24) is 0 Å². The fraction of sp³-hybridized carbons (Fsp3) is 0.400. The smallest absolute Gasteiger partial charge is 0.121 e. The maximum Gasteiger partial charge on any atom is 0.121 e. The summed E-state index contributed by atoms with van der Waals surface area (Å²) in [6, 6.07) is 10.00. The van der Waals surface area contributed by atoms with Crippen molar-refractivity contribution in [1.29, 1.82) is 0 Å². The fourth-order valence-corrected chi connectivity index (χ4v) is 1.46. The Morgan fingerprint density at radius 2 is 1.79 bits per heavy atom. The van der Waals surface area contributed by atoms with Crippen molar-refractivity contribution in [2.24, 2.45) is 0 Å². The highest BCUT2D eigenvalue weighted by Gasteiger charge is 2.26. The number of benzene rings is 1. The highest BCUT2D eigenvalue weighted by molar-refractivity contribution is 6.67. The van der Waals surface area contributed by atoms with Gasteiger partial charge in [0.1, 0.15) is 7.85 Å². The van der Waals surface area contributed by atoms with Crippen LogP contribution in [-0.2, 0) is 6.42 Å². The standard InChI is InChI=1S/C10H10BCl3/c11-10(13,14)9(12)7-6-8-4-2-1-3-5-8/h1-5,9H,6-7H2. The Morgan fingerprint density at radius 3 is 2.29 bits per heavy atom. The van der Waals surface area contributed by atoms with Crippen LogP contribution in [0.3, 0.4) is 0 Å². The third kappa shape index (κ3) is 4.12. The van der Waals surface area contributed by atoms with Crippen molar-refractivity contribution >= 4 is 42.6 Å². The van der Waals surface area contributed by atoms with E-state index in [9.17, 15) is 0 Å². The molecule has 0 amide bonds. The average Bonchev–Trinajstić information content (AvgIpc) is 2.14. The summed E-state index contributed by atoms with van der Waals surface area (Å²) < 4.78 is -1.35. The molecule has 74 valence electrons. The molecule has 1 rings (SSSR count). The van der Waals surface area contributed by atoms with Gasteiger partial charge in [0.2, 0.25) is 0 Å². The zero-order valence-electron chi connectivity index (χ0n) is 7.59. The first kappa shape index (κ1) is 12.2. The maximum atomic E-state index is 5.92. The van der Waals surface area contributed by atoms with E-state index < -0.39 is 9.61 Å². The minimum atomic E-state index is -1.35. The summed E-state index contributed by atoms with van der Waals surface area (Å²) in [4.78, 5) is 0. The largest absolute Gasteiger partial charge is 0.121 e. The summed E-state index contributed by atoms with van der Waals surface area (Å²) in [7, 11) is 5.44. The first-order valence-corrected chi connectivity index (χ1v) is 5.54. The molecule has 0 aromatic heterocycles. The number of hydrogen-bond donors (Lipinski definition) is 0. The van der Waals surface area contributed by atoms with Gasteiger partial charge < -0.3 is 0 Å². The molecule has 1 unspecified atom stereocenters. The van der Waals surface area contributed by atoms with Gasteiger partial charge in [-0.2, -0.15) is 0 Å². The minimum Gasteiger partial charge on any atom is -0.121 e. The molecule has 1 atom stereocenters. The molecule has 0 fully saturated rings. The van der Waals surface area contributed by atoms with E-state index in [0.717, 1.165) is 6.42 Å². The van der Waals surface area contributed by atoms with Crippen LogP contribution in [-0.4, -0.2) is 17.5 Å².